The summed E-state index contributed by atoms with van der Waals surface area (Å²) in [6, 6.07) is 16.1. The SMILES string of the molecule is O=C(c1cccc([N+](=O)[O-])c1)[C@H]1[C@H]2C(=O)N(c3cccc([N+](=O)[O-])c3)C(=O)[C@@H]2[C@@H]2c3ccccc3C=CN12. The Morgan fingerprint density at radius 3 is 2.18 bits per heavy atom. The number of hydrogen-bond acceptors (Lipinski definition) is 8. The van der Waals surface area contributed by atoms with E-state index in [1.807, 2.05) is 18.2 Å². The quantitative estimate of drug-likeness (QED) is 0.218. The number of nitro benzene ring substituents is 2. The molecule has 38 heavy (non-hydrogen) atoms. The molecule has 4 atom stereocenters. The number of imide groups is 1. The van der Waals surface area contributed by atoms with Crippen LogP contribution in [-0.2, 0) is 9.59 Å². The molecule has 0 radical (unpaired) electrons. The van der Waals surface area contributed by atoms with Gasteiger partial charge in [-0.05, 0) is 23.3 Å². The van der Waals surface area contributed by atoms with Crippen molar-refractivity contribution >= 4 is 40.7 Å². The molecule has 3 heterocycles. The number of hydrogen-bond donors (Lipinski definition) is 0. The first-order valence-electron chi connectivity index (χ1n) is 11.7. The van der Waals surface area contributed by atoms with E-state index in [-0.39, 0.29) is 22.6 Å². The first kappa shape index (κ1) is 23.2. The van der Waals surface area contributed by atoms with Gasteiger partial charge in [0.1, 0.15) is 6.04 Å². The van der Waals surface area contributed by atoms with Crippen LogP contribution in [0, 0.1) is 32.1 Å². The Balaban J connectivity index is 1.49. The smallest absolute Gasteiger partial charge is 0.271 e. The number of non-ortho nitro benzene ring substituents is 2. The topological polar surface area (TPSA) is 144 Å². The number of anilines is 1. The monoisotopic (exact) mass is 510 g/mol. The third-order valence-corrected chi connectivity index (χ3v) is 7.37. The number of nitrogens with zero attached hydrogens (tertiary/aromatic N) is 4. The minimum Gasteiger partial charge on any atom is -0.358 e. The van der Waals surface area contributed by atoms with Gasteiger partial charge in [0.25, 0.3) is 11.4 Å². The number of ketones is 1. The molecular weight excluding hydrogens is 492 g/mol. The van der Waals surface area contributed by atoms with Gasteiger partial charge in [0.2, 0.25) is 11.8 Å². The summed E-state index contributed by atoms with van der Waals surface area (Å²) in [5.41, 5.74) is 1.15. The number of rotatable bonds is 5. The van der Waals surface area contributed by atoms with Crippen molar-refractivity contribution in [2.75, 3.05) is 4.90 Å². The van der Waals surface area contributed by atoms with Gasteiger partial charge in [-0.2, -0.15) is 0 Å². The number of benzene rings is 3. The van der Waals surface area contributed by atoms with Gasteiger partial charge < -0.3 is 4.90 Å². The summed E-state index contributed by atoms with van der Waals surface area (Å²) in [4.78, 5) is 65.7. The van der Waals surface area contributed by atoms with Crippen molar-refractivity contribution in [1.82, 2.24) is 4.90 Å². The second-order valence-corrected chi connectivity index (χ2v) is 9.29. The van der Waals surface area contributed by atoms with E-state index in [9.17, 15) is 34.6 Å². The first-order chi connectivity index (χ1) is 18.3. The minimum absolute atomic E-state index is 0.0462. The summed E-state index contributed by atoms with van der Waals surface area (Å²) in [5.74, 6) is -3.79. The van der Waals surface area contributed by atoms with Crippen molar-refractivity contribution in [3.8, 4) is 0 Å². The zero-order chi connectivity index (χ0) is 26.7. The maximum Gasteiger partial charge on any atom is 0.271 e. The molecule has 6 rings (SSSR count). The normalized spacial score (nSPS) is 23.2. The van der Waals surface area contributed by atoms with E-state index >= 15 is 0 Å². The van der Waals surface area contributed by atoms with Gasteiger partial charge in [-0.1, -0.05) is 42.5 Å². The van der Waals surface area contributed by atoms with Gasteiger partial charge in [0.05, 0.1) is 33.4 Å². The molecule has 3 aliphatic heterocycles. The number of nitro groups is 2. The third kappa shape index (κ3) is 3.32. The average Bonchev–Trinajstić information content (AvgIpc) is 3.40. The second kappa shape index (κ2) is 8.44. The van der Waals surface area contributed by atoms with Gasteiger partial charge in [0, 0.05) is 36.0 Å². The van der Waals surface area contributed by atoms with Crippen molar-refractivity contribution in [2.45, 2.75) is 12.1 Å². The van der Waals surface area contributed by atoms with Crippen molar-refractivity contribution in [1.29, 1.82) is 0 Å². The molecule has 0 aliphatic carbocycles. The molecular formula is C27H18N4O7. The summed E-state index contributed by atoms with van der Waals surface area (Å²) in [6.45, 7) is 0. The van der Waals surface area contributed by atoms with E-state index in [0.29, 0.717) is 0 Å². The largest absolute Gasteiger partial charge is 0.358 e. The van der Waals surface area contributed by atoms with E-state index in [0.717, 1.165) is 28.2 Å². The van der Waals surface area contributed by atoms with Crippen LogP contribution in [0.25, 0.3) is 6.08 Å². The third-order valence-electron chi connectivity index (χ3n) is 7.37. The molecule has 0 aromatic heterocycles. The summed E-state index contributed by atoms with van der Waals surface area (Å²) in [6.07, 6.45) is 3.48. The zero-order valence-electron chi connectivity index (χ0n) is 19.5. The zero-order valence-corrected chi connectivity index (χ0v) is 19.5. The van der Waals surface area contributed by atoms with Crippen LogP contribution in [-0.4, -0.2) is 38.4 Å². The molecule has 2 amide bonds. The molecule has 0 unspecified atom stereocenters. The molecule has 0 spiro atoms. The second-order valence-electron chi connectivity index (χ2n) is 9.29. The molecule has 2 saturated heterocycles. The van der Waals surface area contributed by atoms with E-state index in [4.69, 9.17) is 0 Å². The number of fused-ring (bicyclic) bond motifs is 5. The number of carbonyl (C=O) groups is 3. The van der Waals surface area contributed by atoms with Crippen LogP contribution in [0.5, 0.6) is 0 Å². The maximum absolute atomic E-state index is 13.9. The maximum atomic E-state index is 13.9. The fraction of sp³-hybridized carbons (Fsp3) is 0.148. The van der Waals surface area contributed by atoms with E-state index in [1.165, 1.54) is 36.4 Å². The molecule has 2 fully saturated rings. The molecule has 3 aliphatic rings. The van der Waals surface area contributed by atoms with Crippen LogP contribution in [0.2, 0.25) is 0 Å². The van der Waals surface area contributed by atoms with Gasteiger partial charge in [-0.3, -0.25) is 34.6 Å². The predicted octanol–water partition coefficient (Wildman–Crippen LogP) is 3.90. The van der Waals surface area contributed by atoms with Crippen LogP contribution in [0.3, 0.4) is 0 Å². The predicted molar refractivity (Wildman–Crippen MR) is 134 cm³/mol. The Kier molecular flexibility index (Phi) is 5.16. The molecule has 11 heteroatoms. The van der Waals surface area contributed by atoms with Crippen LogP contribution < -0.4 is 4.90 Å². The lowest BCUT2D eigenvalue weighted by molar-refractivity contribution is -0.385. The van der Waals surface area contributed by atoms with Crippen molar-refractivity contribution in [2.24, 2.45) is 11.8 Å². The molecule has 0 saturated carbocycles. The molecule has 11 nitrogen and oxygen atoms in total. The molecule has 3 aromatic rings. The van der Waals surface area contributed by atoms with Crippen LogP contribution in [0.15, 0.2) is 79.0 Å². The van der Waals surface area contributed by atoms with Crippen molar-refractivity contribution in [3.05, 3.63) is 116 Å². The highest BCUT2D eigenvalue weighted by molar-refractivity contribution is 6.24. The average molecular weight is 510 g/mol. The van der Waals surface area contributed by atoms with Crippen molar-refractivity contribution < 1.29 is 24.2 Å². The Morgan fingerprint density at radius 1 is 0.789 bits per heavy atom. The minimum atomic E-state index is -1.11. The van der Waals surface area contributed by atoms with Crippen LogP contribution >= 0.6 is 0 Å². The van der Waals surface area contributed by atoms with Gasteiger partial charge >= 0.3 is 0 Å². The van der Waals surface area contributed by atoms with Crippen molar-refractivity contribution in [3.63, 3.8) is 0 Å². The van der Waals surface area contributed by atoms with E-state index in [1.54, 1.807) is 23.2 Å². The van der Waals surface area contributed by atoms with Gasteiger partial charge in [0.15, 0.2) is 5.78 Å². The lowest BCUT2D eigenvalue weighted by Gasteiger charge is -2.35. The molecule has 3 aromatic carbocycles. The van der Waals surface area contributed by atoms with E-state index < -0.39 is 51.4 Å². The Morgan fingerprint density at radius 2 is 1.45 bits per heavy atom. The Hall–Kier alpha value is -5.19. The van der Waals surface area contributed by atoms with E-state index in [2.05, 4.69) is 0 Å². The number of amides is 2. The fourth-order valence-electron chi connectivity index (χ4n) is 5.80. The first-order valence-corrected chi connectivity index (χ1v) is 11.7. The summed E-state index contributed by atoms with van der Waals surface area (Å²) in [7, 11) is 0. The number of Topliss-reactive ketones (excluding diaryl/α,β-unsaturated/α-hetero) is 1. The lowest BCUT2D eigenvalue weighted by atomic mass is 9.83. The highest BCUT2D eigenvalue weighted by Crippen LogP contribution is 2.53. The van der Waals surface area contributed by atoms with Gasteiger partial charge in [-0.15, -0.1) is 0 Å². The summed E-state index contributed by atoms with van der Waals surface area (Å²) in [5, 5.41) is 22.7. The standard InChI is InChI=1S/C27H18N4O7/c32-25(16-6-3-8-18(13-16)30(35)36)24-22-21(23-20-10-2-1-5-15(20)11-12-28(23)24)26(33)29(27(22)34)17-7-4-9-19(14-17)31(37)38/h1-14,21-24H/t21-,22-,23-,24+/m0/s1. The van der Waals surface area contributed by atoms with Crippen LogP contribution in [0.1, 0.15) is 27.5 Å². The molecule has 188 valence electrons. The number of carbonyl (C=O) groups excluding carboxylic acids is 3. The molecule has 0 N–H and O–H groups in total. The Labute approximate surface area is 214 Å². The van der Waals surface area contributed by atoms with Gasteiger partial charge in [-0.25, -0.2) is 4.90 Å². The highest BCUT2D eigenvalue weighted by atomic mass is 16.6. The highest BCUT2D eigenvalue weighted by Gasteiger charge is 2.64. The van der Waals surface area contributed by atoms with Crippen LogP contribution in [0.4, 0.5) is 17.1 Å². The summed E-state index contributed by atoms with van der Waals surface area (Å²) >= 11 is 0. The summed E-state index contributed by atoms with van der Waals surface area (Å²) < 4.78 is 0. The lowest BCUT2D eigenvalue weighted by Crippen LogP contribution is -2.44. The fourth-order valence-corrected chi connectivity index (χ4v) is 5.80. The Bertz CT molecular complexity index is 1600. The molecule has 0 bridgehead atoms.